The highest BCUT2D eigenvalue weighted by molar-refractivity contribution is 5.82. The Kier molecular flexibility index (Phi) is 4.23. The van der Waals surface area contributed by atoms with Crippen molar-refractivity contribution in [3.63, 3.8) is 0 Å². The van der Waals surface area contributed by atoms with E-state index in [1.54, 1.807) is 24.3 Å². The third-order valence-electron chi connectivity index (χ3n) is 2.74. The molecule has 4 heteroatoms. The van der Waals surface area contributed by atoms with Crippen molar-refractivity contribution in [2.75, 3.05) is 7.05 Å². The fraction of sp³-hybridized carbons (Fsp3) is 0.538. The molecule has 1 amide bonds. The summed E-state index contributed by atoms with van der Waals surface area (Å²) in [7, 11) is 1.77. The van der Waals surface area contributed by atoms with Crippen molar-refractivity contribution in [3.8, 4) is 0 Å². The smallest absolute Gasteiger partial charge is 0.240 e. The number of likely N-dealkylation sites (N-methyl/N-ethyl adjacent to an activating group) is 1. The first-order valence-corrected chi connectivity index (χ1v) is 5.72. The first-order chi connectivity index (χ1) is 7.82. The first-order valence-electron chi connectivity index (χ1n) is 5.72. The molecule has 0 radical (unpaired) electrons. The second kappa shape index (κ2) is 5.27. The first kappa shape index (κ1) is 13.6. The maximum absolute atomic E-state index is 12.1. The Bertz CT molecular complexity index is 370. The molecule has 0 aliphatic rings. The van der Waals surface area contributed by atoms with Gasteiger partial charge in [0.1, 0.15) is 0 Å². The molecule has 0 aliphatic heterocycles. The van der Waals surface area contributed by atoms with Crippen molar-refractivity contribution in [3.05, 3.63) is 30.1 Å². The van der Waals surface area contributed by atoms with Crippen LogP contribution in [-0.2, 0) is 11.3 Å². The van der Waals surface area contributed by atoms with Gasteiger partial charge < -0.3 is 10.6 Å². The molecule has 1 aromatic rings. The van der Waals surface area contributed by atoms with Crippen LogP contribution in [0.3, 0.4) is 0 Å². The number of carbonyl (C=O) groups is 1. The molecule has 0 fully saturated rings. The number of hydrogen-bond donors (Lipinski definition) is 1. The van der Waals surface area contributed by atoms with Crippen molar-refractivity contribution in [2.24, 2.45) is 11.1 Å². The van der Waals surface area contributed by atoms with E-state index in [0.29, 0.717) is 6.54 Å². The zero-order valence-corrected chi connectivity index (χ0v) is 11.0. The largest absolute Gasteiger partial charge is 0.340 e. The summed E-state index contributed by atoms with van der Waals surface area (Å²) in [4.78, 5) is 17.7. The monoisotopic (exact) mass is 235 g/mol. The molecular formula is C13H21N3O. The van der Waals surface area contributed by atoms with Gasteiger partial charge in [-0.15, -0.1) is 0 Å². The summed E-state index contributed by atoms with van der Waals surface area (Å²) >= 11 is 0. The van der Waals surface area contributed by atoms with Crippen molar-refractivity contribution in [2.45, 2.75) is 33.4 Å². The van der Waals surface area contributed by atoms with Gasteiger partial charge in [-0.2, -0.15) is 0 Å². The third-order valence-corrected chi connectivity index (χ3v) is 2.74. The number of pyridine rings is 1. The average Bonchev–Trinajstić information content (AvgIpc) is 2.27. The topological polar surface area (TPSA) is 59.2 Å². The zero-order valence-electron chi connectivity index (χ0n) is 11.0. The minimum Gasteiger partial charge on any atom is -0.340 e. The highest BCUT2D eigenvalue weighted by atomic mass is 16.2. The summed E-state index contributed by atoms with van der Waals surface area (Å²) in [6, 6.07) is 3.31. The van der Waals surface area contributed by atoms with E-state index in [9.17, 15) is 4.79 Å². The lowest BCUT2D eigenvalue weighted by Gasteiger charge is -2.30. The lowest BCUT2D eigenvalue weighted by atomic mass is 9.86. The number of amides is 1. The molecule has 0 spiro atoms. The molecule has 0 aromatic carbocycles. The number of carbonyl (C=O) groups excluding carboxylic acids is 1. The number of nitrogens with two attached hydrogens (primary N) is 1. The lowest BCUT2D eigenvalue weighted by molar-refractivity contribution is -0.134. The molecular weight excluding hydrogens is 214 g/mol. The van der Waals surface area contributed by atoms with Crippen LogP contribution < -0.4 is 5.73 Å². The van der Waals surface area contributed by atoms with Crippen LogP contribution in [0.2, 0.25) is 0 Å². The van der Waals surface area contributed by atoms with Crippen LogP contribution in [-0.4, -0.2) is 28.9 Å². The van der Waals surface area contributed by atoms with Crippen molar-refractivity contribution < 1.29 is 4.79 Å². The predicted octanol–water partition coefficient (Wildman–Crippen LogP) is 1.41. The second-order valence-corrected chi connectivity index (χ2v) is 5.39. The molecule has 0 unspecified atom stereocenters. The van der Waals surface area contributed by atoms with Crippen LogP contribution in [0.5, 0.6) is 0 Å². The minimum atomic E-state index is -0.477. The molecule has 17 heavy (non-hydrogen) atoms. The fourth-order valence-electron chi connectivity index (χ4n) is 1.45. The summed E-state index contributed by atoms with van der Waals surface area (Å²) in [6.07, 6.45) is 3.44. The molecule has 0 aliphatic carbocycles. The molecule has 1 rings (SSSR count). The summed E-state index contributed by atoms with van der Waals surface area (Å²) in [5.41, 5.74) is 6.78. The SMILES string of the molecule is CN(Cc1ccncc1)C(=O)[C@@H](N)C(C)(C)C. The normalized spacial score (nSPS) is 13.2. The van der Waals surface area contributed by atoms with E-state index in [4.69, 9.17) is 5.73 Å². The van der Waals surface area contributed by atoms with E-state index in [0.717, 1.165) is 5.56 Å². The second-order valence-electron chi connectivity index (χ2n) is 5.39. The standard InChI is InChI=1S/C13H21N3O/c1-13(2,3)11(14)12(17)16(4)9-10-5-7-15-8-6-10/h5-8,11H,9,14H2,1-4H3/t11-/m1/s1. The molecule has 4 nitrogen and oxygen atoms in total. The summed E-state index contributed by atoms with van der Waals surface area (Å²) in [6.45, 7) is 6.46. The van der Waals surface area contributed by atoms with Crippen molar-refractivity contribution >= 4 is 5.91 Å². The molecule has 1 heterocycles. The molecule has 94 valence electrons. The van der Waals surface area contributed by atoms with Gasteiger partial charge in [0.25, 0.3) is 0 Å². The molecule has 1 atom stereocenters. The molecule has 0 saturated carbocycles. The summed E-state index contributed by atoms with van der Waals surface area (Å²) in [5, 5.41) is 0. The van der Waals surface area contributed by atoms with E-state index < -0.39 is 6.04 Å². The molecule has 0 saturated heterocycles. The Morgan fingerprint density at radius 2 is 1.94 bits per heavy atom. The number of aromatic nitrogens is 1. The van der Waals surface area contributed by atoms with E-state index in [1.807, 2.05) is 32.9 Å². The Balaban J connectivity index is 2.65. The predicted molar refractivity (Wildman–Crippen MR) is 68.1 cm³/mol. The van der Waals surface area contributed by atoms with E-state index >= 15 is 0 Å². The van der Waals surface area contributed by atoms with Crippen LogP contribution in [0.4, 0.5) is 0 Å². The molecule has 0 bridgehead atoms. The van der Waals surface area contributed by atoms with Gasteiger partial charge in [-0.05, 0) is 23.1 Å². The Hall–Kier alpha value is -1.42. The van der Waals surface area contributed by atoms with Crippen LogP contribution in [0, 0.1) is 5.41 Å². The molecule has 2 N–H and O–H groups in total. The zero-order chi connectivity index (χ0) is 13.1. The average molecular weight is 235 g/mol. The van der Waals surface area contributed by atoms with Crippen LogP contribution >= 0.6 is 0 Å². The Labute approximate surface area is 103 Å². The Morgan fingerprint density at radius 1 is 1.41 bits per heavy atom. The van der Waals surface area contributed by atoms with Gasteiger partial charge in [-0.25, -0.2) is 0 Å². The number of hydrogen-bond acceptors (Lipinski definition) is 3. The quantitative estimate of drug-likeness (QED) is 0.861. The number of rotatable bonds is 3. The fourth-order valence-corrected chi connectivity index (χ4v) is 1.45. The highest BCUT2D eigenvalue weighted by Crippen LogP contribution is 2.19. The van der Waals surface area contributed by atoms with Gasteiger partial charge >= 0.3 is 0 Å². The van der Waals surface area contributed by atoms with Gasteiger partial charge in [0.2, 0.25) is 5.91 Å². The van der Waals surface area contributed by atoms with Gasteiger partial charge in [-0.3, -0.25) is 9.78 Å². The van der Waals surface area contributed by atoms with Crippen molar-refractivity contribution in [1.29, 1.82) is 0 Å². The van der Waals surface area contributed by atoms with Gasteiger partial charge in [0.05, 0.1) is 6.04 Å². The van der Waals surface area contributed by atoms with Crippen molar-refractivity contribution in [1.82, 2.24) is 9.88 Å². The summed E-state index contributed by atoms with van der Waals surface area (Å²) in [5.74, 6) is -0.0330. The summed E-state index contributed by atoms with van der Waals surface area (Å²) < 4.78 is 0. The van der Waals surface area contributed by atoms with Crippen LogP contribution in [0.1, 0.15) is 26.3 Å². The van der Waals surface area contributed by atoms with E-state index in [2.05, 4.69) is 4.98 Å². The maximum Gasteiger partial charge on any atom is 0.240 e. The Morgan fingerprint density at radius 3 is 2.41 bits per heavy atom. The maximum atomic E-state index is 12.1. The van der Waals surface area contributed by atoms with Gasteiger partial charge in [0, 0.05) is 26.0 Å². The molecule has 1 aromatic heterocycles. The lowest BCUT2D eigenvalue weighted by Crippen LogP contribution is -2.48. The minimum absolute atomic E-state index is 0.0330. The third kappa shape index (κ3) is 3.82. The number of nitrogens with zero attached hydrogens (tertiary/aromatic N) is 2. The van der Waals surface area contributed by atoms with Gasteiger partial charge in [0.15, 0.2) is 0 Å². The van der Waals surface area contributed by atoms with Crippen LogP contribution in [0.15, 0.2) is 24.5 Å². The van der Waals surface area contributed by atoms with E-state index in [1.165, 1.54) is 0 Å². The highest BCUT2D eigenvalue weighted by Gasteiger charge is 2.29. The van der Waals surface area contributed by atoms with Crippen LogP contribution in [0.25, 0.3) is 0 Å². The van der Waals surface area contributed by atoms with Gasteiger partial charge in [-0.1, -0.05) is 20.8 Å². The van der Waals surface area contributed by atoms with E-state index in [-0.39, 0.29) is 11.3 Å².